The molecule has 0 saturated heterocycles. The first-order chi connectivity index (χ1) is 7.54. The summed E-state index contributed by atoms with van der Waals surface area (Å²) < 4.78 is 5.78. The number of nitrogens with two attached hydrogens (primary N) is 1. The summed E-state index contributed by atoms with van der Waals surface area (Å²) in [6.07, 6.45) is 1.03. The average molecular weight is 258 g/mol. The molecule has 0 aliphatic rings. The van der Waals surface area contributed by atoms with Gasteiger partial charge in [0.2, 0.25) is 0 Å². The van der Waals surface area contributed by atoms with Crippen LogP contribution in [0.1, 0.15) is 44.9 Å². The lowest BCUT2D eigenvalue weighted by Gasteiger charge is -2.16. The number of ether oxygens (including phenoxy) is 1. The van der Waals surface area contributed by atoms with E-state index in [2.05, 4.69) is 32.9 Å². The molecule has 0 spiro atoms. The predicted octanol–water partition coefficient (Wildman–Crippen LogP) is 3.73. The summed E-state index contributed by atoms with van der Waals surface area (Å²) in [4.78, 5) is 0. The summed E-state index contributed by atoms with van der Waals surface area (Å²) >= 11 is 0. The molecule has 0 bridgehead atoms. The summed E-state index contributed by atoms with van der Waals surface area (Å²) in [6.45, 7) is 9.18. The first kappa shape index (κ1) is 16.3. The summed E-state index contributed by atoms with van der Waals surface area (Å²) in [5.74, 6) is 1.47. The van der Waals surface area contributed by atoms with Crippen molar-refractivity contribution >= 4 is 12.4 Å². The van der Waals surface area contributed by atoms with Crippen LogP contribution < -0.4 is 10.5 Å². The monoisotopic (exact) mass is 257 g/mol. The van der Waals surface area contributed by atoms with E-state index >= 15 is 0 Å². The van der Waals surface area contributed by atoms with Crippen LogP contribution in [0, 0.1) is 5.92 Å². The second-order valence-electron chi connectivity index (χ2n) is 4.72. The highest BCUT2D eigenvalue weighted by molar-refractivity contribution is 5.85. The Morgan fingerprint density at radius 1 is 1.24 bits per heavy atom. The van der Waals surface area contributed by atoms with Gasteiger partial charge in [0.15, 0.2) is 0 Å². The molecule has 1 atom stereocenters. The van der Waals surface area contributed by atoms with Gasteiger partial charge in [0.25, 0.3) is 0 Å². The normalized spacial score (nSPS) is 12.1. The lowest BCUT2D eigenvalue weighted by molar-refractivity contribution is 0.267. The third-order valence-corrected chi connectivity index (χ3v) is 2.55. The Bertz CT molecular complexity index is 337. The maximum absolute atomic E-state index is 5.96. The third kappa shape index (κ3) is 4.97. The SMILES string of the molecule is CCc1ccc(OCC(C)C)c(C(C)N)c1.Cl. The zero-order chi connectivity index (χ0) is 12.1. The molecule has 2 nitrogen and oxygen atoms in total. The fourth-order valence-electron chi connectivity index (χ4n) is 1.56. The van der Waals surface area contributed by atoms with Gasteiger partial charge in [-0.05, 0) is 30.9 Å². The van der Waals surface area contributed by atoms with Crippen molar-refractivity contribution in [3.63, 3.8) is 0 Å². The topological polar surface area (TPSA) is 35.2 Å². The fraction of sp³-hybridized carbons (Fsp3) is 0.571. The van der Waals surface area contributed by atoms with Gasteiger partial charge >= 0.3 is 0 Å². The number of rotatable bonds is 5. The van der Waals surface area contributed by atoms with Gasteiger partial charge in [0.1, 0.15) is 5.75 Å². The van der Waals surface area contributed by atoms with Crippen molar-refractivity contribution in [2.45, 2.75) is 40.2 Å². The molecule has 0 radical (unpaired) electrons. The highest BCUT2D eigenvalue weighted by Crippen LogP contribution is 2.25. The van der Waals surface area contributed by atoms with Crippen LogP contribution in [-0.4, -0.2) is 6.61 Å². The molecule has 0 fully saturated rings. The summed E-state index contributed by atoms with van der Waals surface area (Å²) in [7, 11) is 0. The molecule has 2 N–H and O–H groups in total. The summed E-state index contributed by atoms with van der Waals surface area (Å²) in [5, 5.41) is 0. The number of benzene rings is 1. The van der Waals surface area contributed by atoms with Crippen molar-refractivity contribution in [1.29, 1.82) is 0 Å². The van der Waals surface area contributed by atoms with Gasteiger partial charge in [0.05, 0.1) is 6.61 Å². The Labute approximate surface area is 111 Å². The van der Waals surface area contributed by atoms with E-state index < -0.39 is 0 Å². The van der Waals surface area contributed by atoms with Crippen molar-refractivity contribution in [2.75, 3.05) is 6.61 Å². The lowest BCUT2D eigenvalue weighted by Crippen LogP contribution is -2.11. The molecule has 3 heteroatoms. The molecule has 0 aromatic heterocycles. The molecule has 0 heterocycles. The molecule has 1 aromatic rings. The number of aryl methyl sites for hydroxylation is 1. The summed E-state index contributed by atoms with van der Waals surface area (Å²) in [6, 6.07) is 6.33. The number of hydrogen-bond acceptors (Lipinski definition) is 2. The molecule has 0 saturated carbocycles. The Kier molecular flexibility index (Phi) is 7.24. The van der Waals surface area contributed by atoms with E-state index in [-0.39, 0.29) is 18.4 Å². The summed E-state index contributed by atoms with van der Waals surface area (Å²) in [5.41, 5.74) is 8.39. The van der Waals surface area contributed by atoms with E-state index in [1.807, 2.05) is 13.0 Å². The van der Waals surface area contributed by atoms with Crippen LogP contribution in [0.15, 0.2) is 18.2 Å². The number of halogens is 1. The van der Waals surface area contributed by atoms with Crippen LogP contribution in [0.4, 0.5) is 0 Å². The van der Waals surface area contributed by atoms with Crippen LogP contribution in [0.3, 0.4) is 0 Å². The minimum atomic E-state index is 0. The van der Waals surface area contributed by atoms with Gasteiger partial charge < -0.3 is 10.5 Å². The van der Waals surface area contributed by atoms with Gasteiger partial charge in [-0.25, -0.2) is 0 Å². The van der Waals surface area contributed by atoms with Gasteiger partial charge in [-0.15, -0.1) is 12.4 Å². The first-order valence-corrected chi connectivity index (χ1v) is 6.05. The second kappa shape index (κ2) is 7.57. The zero-order valence-electron chi connectivity index (χ0n) is 11.2. The molecule has 0 aliphatic heterocycles. The van der Waals surface area contributed by atoms with Crippen LogP contribution in [0.2, 0.25) is 0 Å². The fourth-order valence-corrected chi connectivity index (χ4v) is 1.56. The van der Waals surface area contributed by atoms with Gasteiger partial charge in [-0.2, -0.15) is 0 Å². The van der Waals surface area contributed by atoms with Crippen LogP contribution in [-0.2, 0) is 6.42 Å². The lowest BCUT2D eigenvalue weighted by atomic mass is 10.0. The minimum Gasteiger partial charge on any atom is -0.493 e. The number of hydrogen-bond donors (Lipinski definition) is 1. The van der Waals surface area contributed by atoms with Crippen LogP contribution in [0.25, 0.3) is 0 Å². The predicted molar refractivity (Wildman–Crippen MR) is 76.0 cm³/mol. The van der Waals surface area contributed by atoms with E-state index in [1.54, 1.807) is 0 Å². The standard InChI is InChI=1S/C14H23NO.ClH/c1-5-12-6-7-14(16-9-10(2)3)13(8-12)11(4)15;/h6-8,10-11H,5,9,15H2,1-4H3;1H. The molecule has 1 rings (SSSR count). The van der Waals surface area contributed by atoms with Gasteiger partial charge in [0, 0.05) is 11.6 Å². The van der Waals surface area contributed by atoms with Crippen molar-refractivity contribution in [1.82, 2.24) is 0 Å². The quantitative estimate of drug-likeness (QED) is 0.873. The maximum Gasteiger partial charge on any atom is 0.124 e. The Morgan fingerprint density at radius 2 is 1.88 bits per heavy atom. The van der Waals surface area contributed by atoms with E-state index in [1.165, 1.54) is 5.56 Å². The van der Waals surface area contributed by atoms with E-state index in [0.717, 1.165) is 24.3 Å². The Morgan fingerprint density at radius 3 is 2.35 bits per heavy atom. The highest BCUT2D eigenvalue weighted by atomic mass is 35.5. The van der Waals surface area contributed by atoms with Crippen LogP contribution >= 0.6 is 12.4 Å². The van der Waals surface area contributed by atoms with E-state index in [4.69, 9.17) is 10.5 Å². The van der Waals surface area contributed by atoms with Gasteiger partial charge in [-0.3, -0.25) is 0 Å². The maximum atomic E-state index is 5.96. The Balaban J connectivity index is 0.00000256. The molecule has 0 amide bonds. The first-order valence-electron chi connectivity index (χ1n) is 6.05. The molecule has 1 unspecified atom stereocenters. The molecule has 17 heavy (non-hydrogen) atoms. The third-order valence-electron chi connectivity index (χ3n) is 2.55. The van der Waals surface area contributed by atoms with Crippen LogP contribution in [0.5, 0.6) is 5.75 Å². The molecule has 0 aliphatic carbocycles. The highest BCUT2D eigenvalue weighted by Gasteiger charge is 2.09. The minimum absolute atomic E-state index is 0. The van der Waals surface area contributed by atoms with E-state index in [0.29, 0.717) is 5.92 Å². The van der Waals surface area contributed by atoms with Gasteiger partial charge in [-0.1, -0.05) is 32.9 Å². The van der Waals surface area contributed by atoms with Crippen molar-refractivity contribution in [3.05, 3.63) is 29.3 Å². The average Bonchev–Trinajstić information content (AvgIpc) is 2.25. The van der Waals surface area contributed by atoms with Crippen molar-refractivity contribution < 1.29 is 4.74 Å². The molecule has 98 valence electrons. The Hall–Kier alpha value is -0.730. The molecule has 1 aromatic carbocycles. The van der Waals surface area contributed by atoms with Crippen molar-refractivity contribution in [3.8, 4) is 5.75 Å². The second-order valence-corrected chi connectivity index (χ2v) is 4.72. The van der Waals surface area contributed by atoms with Crippen molar-refractivity contribution in [2.24, 2.45) is 11.7 Å². The smallest absolute Gasteiger partial charge is 0.124 e. The zero-order valence-corrected chi connectivity index (χ0v) is 12.0. The largest absolute Gasteiger partial charge is 0.493 e. The molecular formula is C14H24ClNO. The van der Waals surface area contributed by atoms with E-state index in [9.17, 15) is 0 Å². The molecular weight excluding hydrogens is 234 g/mol.